The zero-order valence-electron chi connectivity index (χ0n) is 12.4. The van der Waals surface area contributed by atoms with Crippen molar-refractivity contribution in [3.8, 4) is 0 Å². The van der Waals surface area contributed by atoms with Gasteiger partial charge in [0.15, 0.2) is 0 Å². The van der Waals surface area contributed by atoms with Gasteiger partial charge in [0.25, 0.3) is 0 Å². The molecule has 6 nitrogen and oxygen atoms in total. The number of nitrogens with zero attached hydrogens (tertiary/aromatic N) is 3. The Morgan fingerprint density at radius 1 is 1.35 bits per heavy atom. The maximum Gasteiger partial charge on any atom is 0.231 e. The van der Waals surface area contributed by atoms with Gasteiger partial charge >= 0.3 is 0 Å². The number of rotatable bonds is 3. The molecule has 1 saturated heterocycles. The lowest BCUT2D eigenvalue weighted by Gasteiger charge is -2.24. The molecular formula is C16H15ClN4O2. The molecule has 0 saturated carbocycles. The van der Waals surface area contributed by atoms with Gasteiger partial charge in [0.1, 0.15) is 5.82 Å². The normalized spacial score (nSPS) is 20.6. The maximum absolute atomic E-state index is 12.6. The van der Waals surface area contributed by atoms with Crippen LogP contribution in [0.1, 0.15) is 18.0 Å². The first-order chi connectivity index (χ1) is 11.1. The Bertz CT molecular complexity index is 721. The van der Waals surface area contributed by atoms with Gasteiger partial charge in [0.05, 0.1) is 17.0 Å². The highest BCUT2D eigenvalue weighted by Crippen LogP contribution is 2.37. The average molecular weight is 331 g/mol. The summed E-state index contributed by atoms with van der Waals surface area (Å²) in [6.07, 6.45) is 4.96. The predicted molar refractivity (Wildman–Crippen MR) is 85.7 cm³/mol. The van der Waals surface area contributed by atoms with Crippen molar-refractivity contribution < 1.29 is 9.59 Å². The molecule has 0 aliphatic carbocycles. The van der Waals surface area contributed by atoms with Crippen molar-refractivity contribution in [3.05, 3.63) is 53.4 Å². The van der Waals surface area contributed by atoms with Crippen molar-refractivity contribution in [1.29, 1.82) is 0 Å². The molecular weight excluding hydrogens is 316 g/mol. The second kappa shape index (κ2) is 6.34. The molecule has 2 amide bonds. The van der Waals surface area contributed by atoms with Crippen LogP contribution in [0.25, 0.3) is 0 Å². The minimum atomic E-state index is -0.492. The van der Waals surface area contributed by atoms with E-state index in [1.54, 1.807) is 42.5 Å². The van der Waals surface area contributed by atoms with Crippen LogP contribution in [0.3, 0.4) is 0 Å². The fraction of sp³-hybridized carbons (Fsp3) is 0.250. The van der Waals surface area contributed by atoms with Gasteiger partial charge in [-0.1, -0.05) is 17.7 Å². The first kappa shape index (κ1) is 15.4. The van der Waals surface area contributed by atoms with Crippen molar-refractivity contribution in [2.45, 2.75) is 12.5 Å². The zero-order valence-corrected chi connectivity index (χ0v) is 13.2. The molecule has 2 unspecified atom stereocenters. The molecule has 118 valence electrons. The molecule has 0 aromatic carbocycles. The van der Waals surface area contributed by atoms with Crippen LogP contribution < -0.4 is 5.32 Å². The number of hydrogen-bond acceptors (Lipinski definition) is 4. The summed E-state index contributed by atoms with van der Waals surface area (Å²) in [4.78, 5) is 34.4. The maximum atomic E-state index is 12.6. The molecule has 7 heteroatoms. The van der Waals surface area contributed by atoms with E-state index >= 15 is 0 Å². The highest BCUT2D eigenvalue weighted by atomic mass is 35.5. The number of hydrogen-bond donors (Lipinski definition) is 1. The van der Waals surface area contributed by atoms with E-state index in [9.17, 15) is 9.59 Å². The second-order valence-corrected chi connectivity index (χ2v) is 5.83. The highest BCUT2D eigenvalue weighted by molar-refractivity contribution is 6.30. The summed E-state index contributed by atoms with van der Waals surface area (Å²) in [6, 6.07) is 6.60. The quantitative estimate of drug-likeness (QED) is 0.937. The van der Waals surface area contributed by atoms with Gasteiger partial charge in [-0.05, 0) is 23.8 Å². The molecule has 0 radical (unpaired) electrons. The number of pyridine rings is 2. The van der Waals surface area contributed by atoms with Gasteiger partial charge in [-0.15, -0.1) is 0 Å². The summed E-state index contributed by atoms with van der Waals surface area (Å²) < 4.78 is 0. The first-order valence-electron chi connectivity index (χ1n) is 7.14. The van der Waals surface area contributed by atoms with E-state index in [1.807, 2.05) is 6.07 Å². The monoisotopic (exact) mass is 330 g/mol. The van der Waals surface area contributed by atoms with Crippen molar-refractivity contribution >= 4 is 29.2 Å². The van der Waals surface area contributed by atoms with Crippen LogP contribution in [0.4, 0.5) is 5.82 Å². The van der Waals surface area contributed by atoms with Crippen LogP contribution in [-0.4, -0.2) is 33.7 Å². The Morgan fingerprint density at radius 2 is 2.17 bits per heavy atom. The molecule has 0 spiro atoms. The lowest BCUT2D eigenvalue weighted by Crippen LogP contribution is -2.30. The van der Waals surface area contributed by atoms with Gasteiger partial charge in [0, 0.05) is 32.1 Å². The van der Waals surface area contributed by atoms with Crippen molar-refractivity contribution in [2.75, 3.05) is 12.4 Å². The molecule has 0 bridgehead atoms. The van der Waals surface area contributed by atoms with Crippen molar-refractivity contribution in [3.63, 3.8) is 0 Å². The number of nitrogens with one attached hydrogen (secondary N) is 1. The van der Waals surface area contributed by atoms with Crippen molar-refractivity contribution in [1.82, 2.24) is 14.9 Å². The van der Waals surface area contributed by atoms with Crippen LogP contribution in [0.2, 0.25) is 5.02 Å². The molecule has 1 aliphatic rings. The third-order valence-electron chi connectivity index (χ3n) is 3.93. The number of anilines is 1. The highest BCUT2D eigenvalue weighted by Gasteiger charge is 2.42. The van der Waals surface area contributed by atoms with Gasteiger partial charge < -0.3 is 10.2 Å². The van der Waals surface area contributed by atoms with E-state index in [1.165, 1.54) is 6.20 Å². The lowest BCUT2D eigenvalue weighted by molar-refractivity contribution is -0.127. The SMILES string of the molecule is CN1C(=O)CC(C(=O)Nc2ccc(Cl)cn2)C1c1cccnc1. The largest absolute Gasteiger partial charge is 0.338 e. The average Bonchev–Trinajstić information content (AvgIpc) is 2.86. The van der Waals surface area contributed by atoms with Crippen LogP contribution in [-0.2, 0) is 9.59 Å². The van der Waals surface area contributed by atoms with Crippen LogP contribution >= 0.6 is 11.6 Å². The number of likely N-dealkylation sites (tertiary alicyclic amines) is 1. The lowest BCUT2D eigenvalue weighted by atomic mass is 9.94. The molecule has 2 aromatic rings. The zero-order chi connectivity index (χ0) is 16.4. The van der Waals surface area contributed by atoms with E-state index in [0.717, 1.165) is 5.56 Å². The van der Waals surface area contributed by atoms with E-state index in [0.29, 0.717) is 10.8 Å². The minimum absolute atomic E-state index is 0.0666. The topological polar surface area (TPSA) is 75.2 Å². The van der Waals surface area contributed by atoms with Gasteiger partial charge in [-0.3, -0.25) is 14.6 Å². The summed E-state index contributed by atoms with van der Waals surface area (Å²) in [5.74, 6) is -0.394. The van der Waals surface area contributed by atoms with E-state index in [-0.39, 0.29) is 24.3 Å². The number of carbonyl (C=O) groups is 2. The third-order valence-corrected chi connectivity index (χ3v) is 4.15. The molecule has 3 rings (SSSR count). The Hall–Kier alpha value is -2.47. The van der Waals surface area contributed by atoms with E-state index in [2.05, 4.69) is 15.3 Å². The number of amides is 2. The Balaban J connectivity index is 1.83. The van der Waals surface area contributed by atoms with E-state index in [4.69, 9.17) is 11.6 Å². The number of carbonyl (C=O) groups excluding carboxylic acids is 2. The molecule has 3 heterocycles. The number of aromatic nitrogens is 2. The first-order valence-corrected chi connectivity index (χ1v) is 7.52. The van der Waals surface area contributed by atoms with Crippen LogP contribution in [0, 0.1) is 5.92 Å². The second-order valence-electron chi connectivity index (χ2n) is 5.40. The Labute approximate surface area is 138 Å². The smallest absolute Gasteiger partial charge is 0.231 e. The van der Waals surface area contributed by atoms with E-state index < -0.39 is 5.92 Å². The summed E-state index contributed by atoms with van der Waals surface area (Å²) in [5.41, 5.74) is 0.838. The van der Waals surface area contributed by atoms with Crippen molar-refractivity contribution in [2.24, 2.45) is 5.92 Å². The molecule has 23 heavy (non-hydrogen) atoms. The molecule has 1 fully saturated rings. The fourth-order valence-corrected chi connectivity index (χ4v) is 2.89. The van der Waals surface area contributed by atoms with Crippen LogP contribution in [0.15, 0.2) is 42.9 Å². The predicted octanol–water partition coefficient (Wildman–Crippen LogP) is 2.29. The Kier molecular flexibility index (Phi) is 4.25. The molecule has 1 N–H and O–H groups in total. The summed E-state index contributed by atoms with van der Waals surface area (Å²) in [7, 11) is 1.70. The summed E-state index contributed by atoms with van der Waals surface area (Å²) in [5, 5.41) is 3.24. The third kappa shape index (κ3) is 3.17. The standard InChI is InChI=1S/C16H15ClN4O2/c1-21-14(22)7-12(15(21)10-3-2-6-18-8-10)16(23)20-13-5-4-11(17)9-19-13/h2-6,8-9,12,15H,7H2,1H3,(H,19,20,23). The van der Waals surface area contributed by atoms with Gasteiger partial charge in [-0.25, -0.2) is 4.98 Å². The van der Waals surface area contributed by atoms with Crippen LogP contribution in [0.5, 0.6) is 0 Å². The summed E-state index contributed by atoms with van der Waals surface area (Å²) >= 11 is 5.78. The Morgan fingerprint density at radius 3 is 2.83 bits per heavy atom. The minimum Gasteiger partial charge on any atom is -0.338 e. The number of halogens is 1. The molecule has 2 atom stereocenters. The summed E-state index contributed by atoms with van der Waals surface area (Å²) in [6.45, 7) is 0. The fourth-order valence-electron chi connectivity index (χ4n) is 2.78. The van der Waals surface area contributed by atoms with Gasteiger partial charge in [0.2, 0.25) is 11.8 Å². The molecule has 2 aromatic heterocycles. The van der Waals surface area contributed by atoms with Gasteiger partial charge in [-0.2, -0.15) is 0 Å². The molecule has 1 aliphatic heterocycles.